The van der Waals surface area contributed by atoms with E-state index in [1.54, 1.807) is 36.4 Å². The second kappa shape index (κ2) is 7.83. The van der Waals surface area contributed by atoms with E-state index in [9.17, 15) is 24.3 Å². The van der Waals surface area contributed by atoms with Crippen LogP contribution in [-0.2, 0) is 0 Å². The summed E-state index contributed by atoms with van der Waals surface area (Å²) in [4.78, 5) is 51.5. The highest BCUT2D eigenvalue weighted by molar-refractivity contribution is 8.29. The number of hydrogen-bond acceptors (Lipinski definition) is 4. The first kappa shape index (κ1) is 19.4. The minimum atomic E-state index is -1.85. The van der Waals surface area contributed by atoms with Gasteiger partial charge in [-0.3, -0.25) is 14.4 Å². The topological polar surface area (TPSA) is 91.8 Å². The van der Waals surface area contributed by atoms with Crippen LogP contribution in [0.25, 0.3) is 0 Å². The number of aromatic carboxylic acids is 1. The molecule has 1 atom stereocenters. The Balaban J connectivity index is 1.80. The van der Waals surface area contributed by atoms with Gasteiger partial charge in [-0.25, -0.2) is 9.10 Å². The van der Waals surface area contributed by atoms with E-state index in [0.717, 1.165) is 36.4 Å². The molecule has 1 heterocycles. The molecule has 1 unspecified atom stereocenters. The van der Waals surface area contributed by atoms with Gasteiger partial charge in [-0.05, 0) is 37.1 Å². The number of carboxylic acids is 1. The van der Waals surface area contributed by atoms with Gasteiger partial charge in [0.25, 0.3) is 11.8 Å². The van der Waals surface area contributed by atoms with Gasteiger partial charge in [0.05, 0.1) is 16.7 Å². The molecule has 150 valence electrons. The maximum atomic E-state index is 13.6. The third-order valence-electron chi connectivity index (χ3n) is 5.50. The third-order valence-corrected chi connectivity index (χ3v) is 8.16. The second-order valence-electron chi connectivity index (χ2n) is 7.26. The Kier molecular flexibility index (Phi) is 5.24. The number of amides is 2. The predicted octanol–water partition coefficient (Wildman–Crippen LogP) is 4.07. The SMILES string of the molecule is O=C(O)c1ccccc1C(=O)[SH](C1CCCCC1)N1C(=O)c2ccccc2C1=O. The summed E-state index contributed by atoms with van der Waals surface area (Å²) in [6.45, 7) is 0. The first-order valence-corrected chi connectivity index (χ1v) is 11.0. The van der Waals surface area contributed by atoms with Gasteiger partial charge in [0.1, 0.15) is 0 Å². The Bertz CT molecular complexity index is 977. The van der Waals surface area contributed by atoms with Crippen LogP contribution in [0.3, 0.4) is 0 Å². The van der Waals surface area contributed by atoms with Crippen LogP contribution in [0.15, 0.2) is 48.5 Å². The van der Waals surface area contributed by atoms with Crippen molar-refractivity contribution in [2.45, 2.75) is 37.4 Å². The molecule has 1 fully saturated rings. The van der Waals surface area contributed by atoms with Crippen LogP contribution in [0.1, 0.15) is 73.5 Å². The van der Waals surface area contributed by atoms with Crippen molar-refractivity contribution in [3.63, 3.8) is 0 Å². The highest BCUT2D eigenvalue weighted by Gasteiger charge is 2.44. The Morgan fingerprint density at radius 3 is 1.90 bits per heavy atom. The quantitative estimate of drug-likeness (QED) is 0.585. The second-order valence-corrected chi connectivity index (χ2v) is 9.49. The van der Waals surface area contributed by atoms with Gasteiger partial charge < -0.3 is 5.11 Å². The van der Waals surface area contributed by atoms with Crippen LogP contribution in [0.5, 0.6) is 0 Å². The highest BCUT2D eigenvalue weighted by Crippen LogP contribution is 2.49. The molecule has 4 rings (SSSR count). The molecule has 0 bridgehead atoms. The highest BCUT2D eigenvalue weighted by atomic mass is 32.2. The lowest BCUT2D eigenvalue weighted by Gasteiger charge is -2.37. The largest absolute Gasteiger partial charge is 0.478 e. The van der Waals surface area contributed by atoms with Crippen LogP contribution >= 0.6 is 11.1 Å². The summed E-state index contributed by atoms with van der Waals surface area (Å²) in [6, 6.07) is 12.6. The van der Waals surface area contributed by atoms with Crippen LogP contribution in [0.4, 0.5) is 0 Å². The number of thiol groups is 1. The number of rotatable bonds is 4. The zero-order valence-electron chi connectivity index (χ0n) is 15.7. The lowest BCUT2D eigenvalue weighted by Crippen LogP contribution is -2.36. The molecule has 2 aliphatic rings. The molecular formula is C22H21NO5S. The fraction of sp³-hybridized carbons (Fsp3) is 0.273. The smallest absolute Gasteiger partial charge is 0.336 e. The molecule has 2 aromatic rings. The first-order chi connectivity index (χ1) is 14.0. The fourth-order valence-corrected chi connectivity index (χ4v) is 6.84. The number of benzene rings is 2. The van der Waals surface area contributed by atoms with E-state index in [0.29, 0.717) is 11.1 Å². The monoisotopic (exact) mass is 411 g/mol. The summed E-state index contributed by atoms with van der Waals surface area (Å²) < 4.78 is 1.14. The number of nitrogens with zero attached hydrogens (tertiary/aromatic N) is 1. The molecule has 0 aromatic heterocycles. The van der Waals surface area contributed by atoms with Gasteiger partial charge in [-0.2, -0.15) is 0 Å². The van der Waals surface area contributed by atoms with Crippen molar-refractivity contribution in [2.75, 3.05) is 0 Å². The van der Waals surface area contributed by atoms with E-state index in [1.165, 1.54) is 12.1 Å². The molecule has 1 N–H and O–H groups in total. The molecule has 29 heavy (non-hydrogen) atoms. The summed E-state index contributed by atoms with van der Waals surface area (Å²) in [5, 5.41) is 8.99. The van der Waals surface area contributed by atoms with E-state index in [4.69, 9.17) is 0 Å². The van der Waals surface area contributed by atoms with Crippen molar-refractivity contribution in [1.29, 1.82) is 0 Å². The summed E-state index contributed by atoms with van der Waals surface area (Å²) in [5.74, 6) is -2.11. The number of hydrogen-bond donors (Lipinski definition) is 2. The molecular weight excluding hydrogens is 390 g/mol. The Morgan fingerprint density at radius 2 is 1.34 bits per heavy atom. The molecule has 2 aromatic carbocycles. The number of carbonyl (C=O) groups is 4. The van der Waals surface area contributed by atoms with Crippen LogP contribution in [0.2, 0.25) is 0 Å². The molecule has 0 saturated heterocycles. The van der Waals surface area contributed by atoms with Crippen molar-refractivity contribution in [2.24, 2.45) is 0 Å². The number of fused-ring (bicyclic) bond motifs is 1. The number of carbonyl (C=O) groups excluding carboxylic acids is 3. The van der Waals surface area contributed by atoms with Gasteiger partial charge in [0.2, 0.25) is 5.12 Å². The maximum absolute atomic E-state index is 13.6. The van der Waals surface area contributed by atoms with Gasteiger partial charge in [-0.15, -0.1) is 0 Å². The van der Waals surface area contributed by atoms with Gasteiger partial charge in [0.15, 0.2) is 0 Å². The van der Waals surface area contributed by atoms with Crippen LogP contribution in [0, 0.1) is 0 Å². The normalized spacial score (nSPS) is 18.5. The standard InChI is InChI=1S/C22H21NO5S/c24-19-15-10-4-5-11-16(15)20(25)23(19)29(14-8-2-1-3-9-14)22(28)18-13-7-6-12-17(18)21(26)27/h4-7,10-14,29H,1-3,8-9H2,(H,26,27). The average molecular weight is 411 g/mol. The summed E-state index contributed by atoms with van der Waals surface area (Å²) >= 11 is -1.85. The molecule has 1 saturated carbocycles. The van der Waals surface area contributed by atoms with Crippen LogP contribution in [-0.4, -0.2) is 37.6 Å². The molecule has 1 aliphatic carbocycles. The minimum absolute atomic E-state index is 0.0632. The maximum Gasteiger partial charge on any atom is 0.336 e. The number of carboxylic acid groups (broad SMARTS) is 1. The average Bonchev–Trinajstić information content (AvgIpc) is 3.00. The van der Waals surface area contributed by atoms with Crippen molar-refractivity contribution in [3.8, 4) is 0 Å². The van der Waals surface area contributed by atoms with E-state index in [1.807, 2.05) is 0 Å². The minimum Gasteiger partial charge on any atom is -0.478 e. The molecule has 2 amide bonds. The van der Waals surface area contributed by atoms with Gasteiger partial charge in [-0.1, -0.05) is 54.6 Å². The van der Waals surface area contributed by atoms with Crippen molar-refractivity contribution >= 4 is 34.0 Å². The van der Waals surface area contributed by atoms with Gasteiger partial charge >= 0.3 is 5.97 Å². The molecule has 0 spiro atoms. The van der Waals surface area contributed by atoms with E-state index < -0.39 is 34.0 Å². The van der Waals surface area contributed by atoms with E-state index in [-0.39, 0.29) is 16.4 Å². The zero-order valence-corrected chi connectivity index (χ0v) is 16.6. The predicted molar refractivity (Wildman–Crippen MR) is 111 cm³/mol. The van der Waals surface area contributed by atoms with Gasteiger partial charge in [0, 0.05) is 10.8 Å². The Morgan fingerprint density at radius 1 is 0.828 bits per heavy atom. The van der Waals surface area contributed by atoms with Crippen molar-refractivity contribution in [1.82, 2.24) is 4.31 Å². The van der Waals surface area contributed by atoms with Crippen molar-refractivity contribution < 1.29 is 24.3 Å². The lowest BCUT2D eigenvalue weighted by atomic mass is 10.0. The molecule has 0 radical (unpaired) electrons. The van der Waals surface area contributed by atoms with Crippen molar-refractivity contribution in [3.05, 3.63) is 70.8 Å². The zero-order chi connectivity index (χ0) is 20.5. The fourth-order valence-electron chi connectivity index (χ4n) is 4.10. The molecule has 7 heteroatoms. The van der Waals surface area contributed by atoms with Crippen LogP contribution < -0.4 is 0 Å². The Hall–Kier alpha value is -2.93. The Labute approximate surface area is 171 Å². The summed E-state index contributed by atoms with van der Waals surface area (Å²) in [6.07, 6.45) is 4.42. The summed E-state index contributed by atoms with van der Waals surface area (Å²) in [5.41, 5.74) is 0.575. The number of imide groups is 1. The third kappa shape index (κ3) is 3.35. The first-order valence-electron chi connectivity index (χ1n) is 9.64. The molecule has 1 aliphatic heterocycles. The summed E-state index contributed by atoms with van der Waals surface area (Å²) in [7, 11) is 0. The van der Waals surface area contributed by atoms with E-state index >= 15 is 0 Å². The lowest BCUT2D eigenvalue weighted by molar-refractivity contribution is 0.0692. The van der Waals surface area contributed by atoms with E-state index in [2.05, 4.69) is 0 Å². The molecule has 6 nitrogen and oxygen atoms in total.